The van der Waals surface area contributed by atoms with E-state index in [0.29, 0.717) is 18.5 Å². The molecule has 0 radical (unpaired) electrons. The first kappa shape index (κ1) is 26.1. The average Bonchev–Trinajstić information content (AvgIpc) is 3.40. The van der Waals surface area contributed by atoms with Gasteiger partial charge < -0.3 is 10.6 Å². The van der Waals surface area contributed by atoms with E-state index in [1.807, 2.05) is 91.9 Å². The van der Waals surface area contributed by atoms with Gasteiger partial charge in [0.1, 0.15) is 11.6 Å². The molecule has 3 aromatic carbocycles. The molecule has 1 aliphatic rings. The second-order valence-corrected chi connectivity index (χ2v) is 9.90. The van der Waals surface area contributed by atoms with Gasteiger partial charge in [0, 0.05) is 12.6 Å². The summed E-state index contributed by atoms with van der Waals surface area (Å²) in [5.41, 5.74) is 2.58. The van der Waals surface area contributed by atoms with Gasteiger partial charge in [0.25, 0.3) is 0 Å². The van der Waals surface area contributed by atoms with E-state index in [-0.39, 0.29) is 23.8 Å². The summed E-state index contributed by atoms with van der Waals surface area (Å²) < 4.78 is 0. The third kappa shape index (κ3) is 5.74. The molecular weight excluding hydrogens is 462 g/mol. The zero-order valence-electron chi connectivity index (χ0n) is 21.7. The topological polar surface area (TPSA) is 78.5 Å². The van der Waals surface area contributed by atoms with Crippen LogP contribution in [0.5, 0.6) is 0 Å². The molecule has 3 amide bonds. The lowest BCUT2D eigenvalue weighted by molar-refractivity contribution is -0.132. The molecule has 6 nitrogen and oxygen atoms in total. The molecule has 1 saturated carbocycles. The van der Waals surface area contributed by atoms with Crippen LogP contribution in [0.15, 0.2) is 84.9 Å². The van der Waals surface area contributed by atoms with Gasteiger partial charge in [-0.15, -0.1) is 0 Å². The fourth-order valence-electron chi connectivity index (χ4n) is 5.27. The third-order valence-electron chi connectivity index (χ3n) is 7.13. The molecule has 192 valence electrons. The summed E-state index contributed by atoms with van der Waals surface area (Å²) in [6.07, 6.45) is 2.75. The first-order chi connectivity index (χ1) is 17.8. The lowest BCUT2D eigenvalue weighted by atomic mass is 9.89. The standard InChI is InChI=1S/C31H35N3O3/c1-22-16-18-27(19-17-22)34(29(36)23(2)32-24(3)35)31(20-10-11-21-31)30(37)33-28(25-12-6-4-7-13-25)26-14-8-5-9-15-26/h4-9,12-19,23,28H,10-11,20-21H2,1-3H3,(H,32,35)(H,33,37). The number of aryl methyl sites for hydroxylation is 1. The van der Waals surface area contributed by atoms with E-state index in [1.54, 1.807) is 11.8 Å². The van der Waals surface area contributed by atoms with E-state index in [2.05, 4.69) is 10.6 Å². The second-order valence-electron chi connectivity index (χ2n) is 9.90. The predicted octanol–water partition coefficient (Wildman–Crippen LogP) is 5.07. The number of rotatable bonds is 8. The van der Waals surface area contributed by atoms with Crippen molar-refractivity contribution < 1.29 is 14.4 Å². The van der Waals surface area contributed by atoms with Crippen LogP contribution in [0.25, 0.3) is 0 Å². The summed E-state index contributed by atoms with van der Waals surface area (Å²) in [6.45, 7) is 5.04. The van der Waals surface area contributed by atoms with Crippen molar-refractivity contribution in [2.45, 2.75) is 64.1 Å². The van der Waals surface area contributed by atoms with Crippen molar-refractivity contribution >= 4 is 23.4 Å². The molecule has 0 bridgehead atoms. The lowest BCUT2D eigenvalue weighted by Gasteiger charge is -2.42. The van der Waals surface area contributed by atoms with E-state index in [0.717, 1.165) is 29.5 Å². The highest BCUT2D eigenvalue weighted by Crippen LogP contribution is 2.40. The van der Waals surface area contributed by atoms with Crippen molar-refractivity contribution in [2.24, 2.45) is 0 Å². The van der Waals surface area contributed by atoms with Crippen molar-refractivity contribution in [3.8, 4) is 0 Å². The fraction of sp³-hybridized carbons (Fsp3) is 0.323. The van der Waals surface area contributed by atoms with E-state index in [1.165, 1.54) is 6.92 Å². The number of nitrogens with one attached hydrogen (secondary N) is 2. The number of benzene rings is 3. The fourth-order valence-corrected chi connectivity index (χ4v) is 5.27. The maximum absolute atomic E-state index is 14.4. The van der Waals surface area contributed by atoms with E-state index in [9.17, 15) is 14.4 Å². The molecule has 0 aromatic heterocycles. The minimum Gasteiger partial charge on any atom is -0.345 e. The van der Waals surface area contributed by atoms with Crippen molar-refractivity contribution in [1.82, 2.24) is 10.6 Å². The Balaban J connectivity index is 1.77. The summed E-state index contributed by atoms with van der Waals surface area (Å²) in [4.78, 5) is 41.7. The first-order valence-electron chi connectivity index (χ1n) is 12.9. The van der Waals surface area contributed by atoms with Gasteiger partial charge in [-0.1, -0.05) is 91.2 Å². The molecule has 1 aliphatic carbocycles. The Morgan fingerprint density at radius 3 is 1.78 bits per heavy atom. The quantitative estimate of drug-likeness (QED) is 0.456. The van der Waals surface area contributed by atoms with Crippen molar-refractivity contribution in [1.29, 1.82) is 0 Å². The predicted molar refractivity (Wildman–Crippen MR) is 146 cm³/mol. The van der Waals surface area contributed by atoms with Gasteiger partial charge in [-0.2, -0.15) is 0 Å². The van der Waals surface area contributed by atoms with Crippen LogP contribution in [-0.2, 0) is 14.4 Å². The number of nitrogens with zero attached hydrogens (tertiary/aromatic N) is 1. The summed E-state index contributed by atoms with van der Waals surface area (Å²) in [5, 5.41) is 6.02. The van der Waals surface area contributed by atoms with Crippen molar-refractivity contribution in [3.05, 3.63) is 102 Å². The molecule has 0 heterocycles. The van der Waals surface area contributed by atoms with Gasteiger partial charge in [-0.3, -0.25) is 19.3 Å². The van der Waals surface area contributed by atoms with Gasteiger partial charge in [0.15, 0.2) is 0 Å². The highest BCUT2D eigenvalue weighted by Gasteiger charge is 2.50. The van der Waals surface area contributed by atoms with Crippen LogP contribution in [0.4, 0.5) is 5.69 Å². The van der Waals surface area contributed by atoms with Gasteiger partial charge >= 0.3 is 0 Å². The van der Waals surface area contributed by atoms with Crippen LogP contribution in [0, 0.1) is 6.92 Å². The molecule has 37 heavy (non-hydrogen) atoms. The number of hydrogen-bond acceptors (Lipinski definition) is 3. The minimum absolute atomic E-state index is 0.188. The third-order valence-corrected chi connectivity index (χ3v) is 7.13. The van der Waals surface area contributed by atoms with Gasteiger partial charge in [-0.25, -0.2) is 0 Å². The van der Waals surface area contributed by atoms with Crippen molar-refractivity contribution in [2.75, 3.05) is 4.90 Å². The highest BCUT2D eigenvalue weighted by molar-refractivity contribution is 6.06. The normalized spacial score (nSPS) is 15.1. The second kappa shape index (κ2) is 11.4. The van der Waals surface area contributed by atoms with Gasteiger partial charge in [0.2, 0.25) is 17.7 Å². The summed E-state index contributed by atoms with van der Waals surface area (Å²) in [7, 11) is 0. The molecular formula is C31H35N3O3. The molecule has 0 aliphatic heterocycles. The maximum Gasteiger partial charge on any atom is 0.250 e. The zero-order valence-corrected chi connectivity index (χ0v) is 21.7. The first-order valence-corrected chi connectivity index (χ1v) is 12.9. The molecule has 1 fully saturated rings. The minimum atomic E-state index is -1.07. The number of carbonyl (C=O) groups is 3. The molecule has 6 heteroatoms. The molecule has 0 saturated heterocycles. The number of anilines is 1. The van der Waals surface area contributed by atoms with Gasteiger partial charge in [0.05, 0.1) is 6.04 Å². The maximum atomic E-state index is 14.4. The molecule has 0 spiro atoms. The average molecular weight is 498 g/mol. The number of hydrogen-bond donors (Lipinski definition) is 2. The highest BCUT2D eigenvalue weighted by atomic mass is 16.2. The Hall–Kier alpha value is -3.93. The molecule has 3 aromatic rings. The van der Waals surface area contributed by atoms with Gasteiger partial charge in [-0.05, 0) is 49.9 Å². The summed E-state index contributed by atoms with van der Waals surface area (Å²) >= 11 is 0. The van der Waals surface area contributed by atoms with Crippen LogP contribution in [-0.4, -0.2) is 29.3 Å². The largest absolute Gasteiger partial charge is 0.345 e. The number of carbonyl (C=O) groups excluding carboxylic acids is 3. The molecule has 1 unspecified atom stereocenters. The van der Waals surface area contributed by atoms with E-state index >= 15 is 0 Å². The monoisotopic (exact) mass is 497 g/mol. The Morgan fingerprint density at radius 1 is 0.784 bits per heavy atom. The summed E-state index contributed by atoms with van der Waals surface area (Å²) in [6, 6.07) is 26.2. The zero-order chi connectivity index (χ0) is 26.4. The molecule has 4 rings (SSSR count). The Labute approximate surface area is 219 Å². The smallest absolute Gasteiger partial charge is 0.250 e. The van der Waals surface area contributed by atoms with Crippen LogP contribution in [0.3, 0.4) is 0 Å². The lowest BCUT2D eigenvalue weighted by Crippen LogP contribution is -2.63. The van der Waals surface area contributed by atoms with Crippen LogP contribution in [0.1, 0.15) is 62.3 Å². The van der Waals surface area contributed by atoms with Crippen LogP contribution in [0.2, 0.25) is 0 Å². The SMILES string of the molecule is CC(=O)NC(C)C(=O)N(c1ccc(C)cc1)C1(C(=O)NC(c2ccccc2)c2ccccc2)CCCC1. The summed E-state index contributed by atoms with van der Waals surface area (Å²) in [5.74, 6) is -0.776. The molecule has 1 atom stereocenters. The number of amides is 3. The van der Waals surface area contributed by atoms with Crippen LogP contribution >= 0.6 is 0 Å². The Kier molecular flexibility index (Phi) is 8.07. The van der Waals surface area contributed by atoms with E-state index < -0.39 is 11.6 Å². The Bertz CT molecular complexity index is 1180. The van der Waals surface area contributed by atoms with Crippen molar-refractivity contribution in [3.63, 3.8) is 0 Å². The Morgan fingerprint density at radius 2 is 1.30 bits per heavy atom. The molecule has 2 N–H and O–H groups in total. The van der Waals surface area contributed by atoms with Crippen LogP contribution < -0.4 is 15.5 Å². The van der Waals surface area contributed by atoms with E-state index in [4.69, 9.17) is 0 Å².